The summed E-state index contributed by atoms with van der Waals surface area (Å²) in [4.78, 5) is 17.0. The average Bonchev–Trinajstić information content (AvgIpc) is 2.73. The summed E-state index contributed by atoms with van der Waals surface area (Å²) < 4.78 is 1.64. The third-order valence-corrected chi connectivity index (χ3v) is 2.22. The van der Waals surface area contributed by atoms with Crippen LogP contribution in [0.5, 0.6) is 0 Å². The molecule has 1 aromatic rings. The molecule has 1 fully saturated rings. The van der Waals surface area contributed by atoms with Crippen LogP contribution in [0.4, 0.5) is 0 Å². The summed E-state index contributed by atoms with van der Waals surface area (Å²) in [5.74, 6) is -0.0897. The van der Waals surface area contributed by atoms with Crippen molar-refractivity contribution in [2.24, 2.45) is 7.05 Å². The molecule has 0 radical (unpaired) electrons. The summed E-state index contributed by atoms with van der Waals surface area (Å²) in [6, 6.07) is 0. The Morgan fingerprint density at radius 1 is 1.64 bits per heavy atom. The number of amides is 1. The first-order valence-electron chi connectivity index (χ1n) is 4.63. The Labute approximate surface area is 82.2 Å². The topological polar surface area (TPSA) is 47.4 Å². The van der Waals surface area contributed by atoms with E-state index in [9.17, 15) is 4.79 Å². The molecule has 5 nitrogen and oxygen atoms in total. The van der Waals surface area contributed by atoms with Gasteiger partial charge in [0.05, 0.1) is 24.4 Å². The third-order valence-electron chi connectivity index (χ3n) is 2.22. The zero-order valence-corrected chi connectivity index (χ0v) is 8.36. The molecule has 1 aliphatic heterocycles. The molecule has 14 heavy (non-hydrogen) atoms. The number of aryl methyl sites for hydroxylation is 2. The van der Waals surface area contributed by atoms with Crippen molar-refractivity contribution in [2.75, 3.05) is 13.2 Å². The molecule has 5 heteroatoms. The summed E-state index contributed by atoms with van der Waals surface area (Å²) >= 11 is 0. The van der Waals surface area contributed by atoms with Crippen LogP contribution in [0.25, 0.3) is 0 Å². The van der Waals surface area contributed by atoms with Crippen molar-refractivity contribution in [1.82, 2.24) is 14.8 Å². The van der Waals surface area contributed by atoms with E-state index in [4.69, 9.17) is 4.84 Å². The zero-order valence-electron chi connectivity index (χ0n) is 8.36. The van der Waals surface area contributed by atoms with Crippen LogP contribution in [0.1, 0.15) is 22.5 Å². The van der Waals surface area contributed by atoms with Gasteiger partial charge in [-0.05, 0) is 13.3 Å². The number of aromatic nitrogens is 2. The number of hydrogen-bond acceptors (Lipinski definition) is 3. The van der Waals surface area contributed by atoms with Crippen LogP contribution in [0.15, 0.2) is 6.20 Å². The second-order valence-electron chi connectivity index (χ2n) is 3.40. The van der Waals surface area contributed by atoms with E-state index < -0.39 is 0 Å². The van der Waals surface area contributed by atoms with E-state index in [1.807, 2.05) is 6.92 Å². The number of carbonyl (C=O) groups excluding carboxylic acids is 1. The fourth-order valence-corrected chi connectivity index (χ4v) is 1.55. The number of nitrogens with zero attached hydrogens (tertiary/aromatic N) is 3. The first-order valence-corrected chi connectivity index (χ1v) is 4.63. The molecule has 0 bridgehead atoms. The lowest BCUT2D eigenvalue weighted by atomic mass is 10.2. The maximum Gasteiger partial charge on any atom is 0.280 e. The van der Waals surface area contributed by atoms with Gasteiger partial charge in [-0.25, -0.2) is 5.06 Å². The molecule has 1 amide bonds. The van der Waals surface area contributed by atoms with E-state index in [0.29, 0.717) is 18.7 Å². The van der Waals surface area contributed by atoms with Crippen LogP contribution in [0.2, 0.25) is 0 Å². The van der Waals surface area contributed by atoms with Crippen LogP contribution < -0.4 is 0 Å². The van der Waals surface area contributed by atoms with Gasteiger partial charge in [0, 0.05) is 13.2 Å². The standard InChI is InChI=1S/C9H13N3O2/c1-7-8(6-11(2)10-7)9(13)12-4-3-5-14-12/h6H,3-5H2,1-2H3. The van der Waals surface area contributed by atoms with Gasteiger partial charge < -0.3 is 0 Å². The van der Waals surface area contributed by atoms with Crippen LogP contribution >= 0.6 is 0 Å². The Hall–Kier alpha value is -1.36. The van der Waals surface area contributed by atoms with Gasteiger partial charge in [0.1, 0.15) is 0 Å². The molecule has 0 saturated carbocycles. The minimum absolute atomic E-state index is 0.0897. The summed E-state index contributed by atoms with van der Waals surface area (Å²) in [5, 5.41) is 5.52. The van der Waals surface area contributed by atoms with Crippen molar-refractivity contribution in [1.29, 1.82) is 0 Å². The number of rotatable bonds is 1. The molecule has 76 valence electrons. The molecule has 2 heterocycles. The van der Waals surface area contributed by atoms with Crippen molar-refractivity contribution in [2.45, 2.75) is 13.3 Å². The maximum atomic E-state index is 11.8. The zero-order chi connectivity index (χ0) is 10.1. The average molecular weight is 195 g/mol. The normalized spacial score (nSPS) is 16.3. The monoisotopic (exact) mass is 195 g/mol. The predicted molar refractivity (Wildman–Crippen MR) is 49.6 cm³/mol. The van der Waals surface area contributed by atoms with Crippen LogP contribution in [0.3, 0.4) is 0 Å². The first-order chi connectivity index (χ1) is 6.68. The second kappa shape index (κ2) is 3.42. The van der Waals surface area contributed by atoms with Gasteiger partial charge in [-0.15, -0.1) is 0 Å². The van der Waals surface area contributed by atoms with Gasteiger partial charge in [0.2, 0.25) is 0 Å². The molecule has 2 rings (SSSR count). The van der Waals surface area contributed by atoms with E-state index in [1.54, 1.807) is 17.9 Å². The summed E-state index contributed by atoms with van der Waals surface area (Å²) in [6.45, 7) is 3.13. The maximum absolute atomic E-state index is 11.8. The smallest absolute Gasteiger partial charge is 0.275 e. The molecule has 0 aliphatic carbocycles. The molecule has 0 N–H and O–H groups in total. The van der Waals surface area contributed by atoms with Gasteiger partial charge in [0.25, 0.3) is 5.91 Å². The molecule has 1 aliphatic rings. The van der Waals surface area contributed by atoms with Crippen molar-refractivity contribution >= 4 is 5.91 Å². The van der Waals surface area contributed by atoms with Gasteiger partial charge in [0.15, 0.2) is 0 Å². The molecule has 1 saturated heterocycles. The van der Waals surface area contributed by atoms with E-state index in [0.717, 1.165) is 12.1 Å². The Bertz CT molecular complexity index is 353. The van der Waals surface area contributed by atoms with Crippen molar-refractivity contribution in [3.8, 4) is 0 Å². The lowest BCUT2D eigenvalue weighted by Gasteiger charge is -2.12. The van der Waals surface area contributed by atoms with Crippen molar-refractivity contribution in [3.05, 3.63) is 17.5 Å². The van der Waals surface area contributed by atoms with Gasteiger partial charge in [-0.2, -0.15) is 5.10 Å². The highest BCUT2D eigenvalue weighted by molar-refractivity contribution is 5.94. The number of hydroxylamine groups is 2. The number of hydrogen-bond donors (Lipinski definition) is 0. The minimum atomic E-state index is -0.0897. The van der Waals surface area contributed by atoms with E-state index in [1.165, 1.54) is 5.06 Å². The van der Waals surface area contributed by atoms with E-state index >= 15 is 0 Å². The molecule has 0 spiro atoms. The largest absolute Gasteiger partial charge is 0.280 e. The van der Waals surface area contributed by atoms with Gasteiger partial charge >= 0.3 is 0 Å². The first kappa shape index (κ1) is 9.21. The lowest BCUT2D eigenvalue weighted by Crippen LogP contribution is -2.26. The second-order valence-corrected chi connectivity index (χ2v) is 3.40. The molecular weight excluding hydrogens is 182 g/mol. The van der Waals surface area contributed by atoms with Crippen LogP contribution in [-0.4, -0.2) is 33.9 Å². The molecule has 0 atom stereocenters. The molecular formula is C9H13N3O2. The highest BCUT2D eigenvalue weighted by Gasteiger charge is 2.23. The van der Waals surface area contributed by atoms with E-state index in [2.05, 4.69) is 5.10 Å². The summed E-state index contributed by atoms with van der Waals surface area (Å²) in [6.07, 6.45) is 2.63. The summed E-state index contributed by atoms with van der Waals surface area (Å²) in [7, 11) is 1.80. The third kappa shape index (κ3) is 1.50. The van der Waals surface area contributed by atoms with Gasteiger partial charge in [-0.1, -0.05) is 0 Å². The van der Waals surface area contributed by atoms with Gasteiger partial charge in [-0.3, -0.25) is 14.3 Å². The fraction of sp³-hybridized carbons (Fsp3) is 0.556. The Kier molecular flexibility index (Phi) is 2.25. The van der Waals surface area contributed by atoms with Crippen molar-refractivity contribution in [3.63, 3.8) is 0 Å². The Morgan fingerprint density at radius 3 is 2.93 bits per heavy atom. The van der Waals surface area contributed by atoms with Crippen LogP contribution in [0, 0.1) is 6.92 Å². The number of carbonyl (C=O) groups is 1. The summed E-state index contributed by atoms with van der Waals surface area (Å²) in [5.41, 5.74) is 1.36. The predicted octanol–water partition coefficient (Wildman–Crippen LogP) is 0.506. The lowest BCUT2D eigenvalue weighted by molar-refractivity contribution is -0.0768. The minimum Gasteiger partial charge on any atom is -0.275 e. The molecule has 0 unspecified atom stereocenters. The highest BCUT2D eigenvalue weighted by atomic mass is 16.7. The Morgan fingerprint density at radius 2 is 2.43 bits per heavy atom. The quantitative estimate of drug-likeness (QED) is 0.655. The fourth-order valence-electron chi connectivity index (χ4n) is 1.55. The van der Waals surface area contributed by atoms with E-state index in [-0.39, 0.29) is 5.91 Å². The van der Waals surface area contributed by atoms with Crippen LogP contribution in [-0.2, 0) is 11.9 Å². The Balaban J connectivity index is 2.21. The molecule has 1 aromatic heterocycles. The molecule has 0 aromatic carbocycles. The van der Waals surface area contributed by atoms with Crippen molar-refractivity contribution < 1.29 is 9.63 Å². The highest BCUT2D eigenvalue weighted by Crippen LogP contribution is 2.13. The SMILES string of the molecule is Cc1nn(C)cc1C(=O)N1CCCO1.